The number of aryl methyl sites for hydroxylation is 1. The largest absolute Gasteiger partial charge is 0.436 e. The van der Waals surface area contributed by atoms with E-state index in [9.17, 15) is 0 Å². The zero-order valence-corrected chi connectivity index (χ0v) is 11.9. The topological polar surface area (TPSA) is 78.3 Å². The van der Waals surface area contributed by atoms with Crippen LogP contribution in [-0.2, 0) is 0 Å². The Bertz CT molecular complexity index is 992. The van der Waals surface area contributed by atoms with Crippen LogP contribution < -0.4 is 10.5 Å². The maximum Gasteiger partial charge on any atom is 0.266 e. The SMILES string of the molecule is Cc1nnc2c(Oc3cccc(N)c3)nc3ccccc3n12. The van der Waals surface area contributed by atoms with Crippen molar-refractivity contribution in [1.29, 1.82) is 0 Å². The molecule has 0 spiro atoms. The van der Waals surface area contributed by atoms with Crippen molar-refractivity contribution in [2.24, 2.45) is 0 Å². The number of nitrogen functional groups attached to an aromatic ring is 1. The van der Waals surface area contributed by atoms with E-state index in [-0.39, 0.29) is 0 Å². The van der Waals surface area contributed by atoms with Crippen LogP contribution in [0, 0.1) is 6.92 Å². The molecule has 2 aromatic carbocycles. The zero-order valence-electron chi connectivity index (χ0n) is 11.9. The van der Waals surface area contributed by atoms with Gasteiger partial charge >= 0.3 is 0 Å². The van der Waals surface area contributed by atoms with Crippen molar-refractivity contribution in [3.05, 3.63) is 54.4 Å². The third-order valence-corrected chi connectivity index (χ3v) is 3.43. The number of fused-ring (bicyclic) bond motifs is 3. The Hall–Kier alpha value is -3.15. The van der Waals surface area contributed by atoms with Gasteiger partial charge < -0.3 is 10.5 Å². The minimum Gasteiger partial charge on any atom is -0.436 e. The number of benzene rings is 2. The molecule has 6 heteroatoms. The Morgan fingerprint density at radius 2 is 1.91 bits per heavy atom. The molecule has 0 unspecified atom stereocenters. The third-order valence-electron chi connectivity index (χ3n) is 3.43. The first kappa shape index (κ1) is 12.6. The molecule has 0 bridgehead atoms. The predicted octanol–water partition coefficient (Wildman–Crippen LogP) is 2.96. The molecular formula is C16H13N5O. The molecule has 0 aliphatic heterocycles. The molecular weight excluding hydrogens is 278 g/mol. The highest BCUT2D eigenvalue weighted by Gasteiger charge is 2.14. The zero-order chi connectivity index (χ0) is 15.1. The first-order chi connectivity index (χ1) is 10.7. The van der Waals surface area contributed by atoms with E-state index in [0.717, 1.165) is 16.9 Å². The van der Waals surface area contributed by atoms with E-state index in [4.69, 9.17) is 10.5 Å². The number of nitrogens with two attached hydrogens (primary N) is 1. The number of aromatic nitrogens is 4. The molecule has 2 aromatic heterocycles. The van der Waals surface area contributed by atoms with Crippen molar-refractivity contribution in [3.63, 3.8) is 0 Å². The van der Waals surface area contributed by atoms with Crippen molar-refractivity contribution < 1.29 is 4.74 Å². The van der Waals surface area contributed by atoms with Gasteiger partial charge in [0.1, 0.15) is 11.6 Å². The molecule has 0 radical (unpaired) electrons. The second-order valence-corrected chi connectivity index (χ2v) is 4.99. The normalized spacial score (nSPS) is 11.1. The first-order valence-corrected chi connectivity index (χ1v) is 6.86. The summed E-state index contributed by atoms with van der Waals surface area (Å²) in [5, 5.41) is 8.32. The lowest BCUT2D eigenvalue weighted by molar-refractivity contribution is 0.467. The van der Waals surface area contributed by atoms with Crippen LogP contribution >= 0.6 is 0 Å². The van der Waals surface area contributed by atoms with Crippen molar-refractivity contribution in [1.82, 2.24) is 19.6 Å². The number of hydrogen-bond donors (Lipinski definition) is 1. The van der Waals surface area contributed by atoms with E-state index >= 15 is 0 Å². The highest BCUT2D eigenvalue weighted by atomic mass is 16.5. The Morgan fingerprint density at radius 1 is 1.05 bits per heavy atom. The van der Waals surface area contributed by atoms with Crippen LogP contribution in [0.25, 0.3) is 16.7 Å². The van der Waals surface area contributed by atoms with Gasteiger partial charge in [0.2, 0.25) is 5.65 Å². The van der Waals surface area contributed by atoms with Crippen LogP contribution in [0.4, 0.5) is 5.69 Å². The smallest absolute Gasteiger partial charge is 0.266 e. The summed E-state index contributed by atoms with van der Waals surface area (Å²) < 4.78 is 7.81. The van der Waals surface area contributed by atoms with Crippen molar-refractivity contribution in [3.8, 4) is 11.6 Å². The van der Waals surface area contributed by atoms with Gasteiger partial charge in [-0.05, 0) is 31.2 Å². The summed E-state index contributed by atoms with van der Waals surface area (Å²) in [6.07, 6.45) is 0. The second kappa shape index (κ2) is 4.70. The molecule has 6 nitrogen and oxygen atoms in total. The molecule has 0 aliphatic carbocycles. The quantitative estimate of drug-likeness (QED) is 0.574. The molecule has 0 amide bonds. The predicted molar refractivity (Wildman–Crippen MR) is 84.0 cm³/mol. The molecule has 4 rings (SSSR count). The Balaban J connectivity index is 1.96. The molecule has 22 heavy (non-hydrogen) atoms. The minimum atomic E-state index is 0.407. The summed E-state index contributed by atoms with van der Waals surface area (Å²) in [5.41, 5.74) is 8.76. The Morgan fingerprint density at radius 3 is 2.77 bits per heavy atom. The van der Waals surface area contributed by atoms with Gasteiger partial charge in [-0.3, -0.25) is 4.40 Å². The summed E-state index contributed by atoms with van der Waals surface area (Å²) in [7, 11) is 0. The molecule has 0 saturated heterocycles. The van der Waals surface area contributed by atoms with Crippen LogP contribution in [0.3, 0.4) is 0 Å². The van der Waals surface area contributed by atoms with Gasteiger partial charge in [0.15, 0.2) is 0 Å². The fourth-order valence-electron chi connectivity index (χ4n) is 2.45. The van der Waals surface area contributed by atoms with Crippen LogP contribution in [0.15, 0.2) is 48.5 Å². The highest BCUT2D eigenvalue weighted by Crippen LogP contribution is 2.28. The van der Waals surface area contributed by atoms with Gasteiger partial charge in [0.05, 0.1) is 11.0 Å². The van der Waals surface area contributed by atoms with Crippen molar-refractivity contribution in [2.45, 2.75) is 6.92 Å². The molecule has 2 N–H and O–H groups in total. The van der Waals surface area contributed by atoms with Crippen LogP contribution in [0.1, 0.15) is 5.82 Å². The number of anilines is 1. The summed E-state index contributed by atoms with van der Waals surface area (Å²) in [5.74, 6) is 1.81. The lowest BCUT2D eigenvalue weighted by atomic mass is 10.3. The number of nitrogens with zero attached hydrogens (tertiary/aromatic N) is 4. The van der Waals surface area contributed by atoms with E-state index in [1.165, 1.54) is 0 Å². The van der Waals surface area contributed by atoms with Crippen molar-refractivity contribution >= 4 is 22.4 Å². The summed E-state index contributed by atoms with van der Waals surface area (Å²) in [6, 6.07) is 15.0. The van der Waals surface area contributed by atoms with Gasteiger partial charge in [-0.1, -0.05) is 18.2 Å². The van der Waals surface area contributed by atoms with E-state index in [0.29, 0.717) is 23.0 Å². The third kappa shape index (κ3) is 1.93. The highest BCUT2D eigenvalue weighted by molar-refractivity contribution is 5.79. The van der Waals surface area contributed by atoms with Gasteiger partial charge in [0, 0.05) is 11.8 Å². The molecule has 0 aliphatic rings. The van der Waals surface area contributed by atoms with Crippen LogP contribution in [0.2, 0.25) is 0 Å². The van der Waals surface area contributed by atoms with E-state index in [1.54, 1.807) is 12.1 Å². The molecule has 0 atom stereocenters. The molecule has 4 aromatic rings. The molecule has 108 valence electrons. The van der Waals surface area contributed by atoms with Crippen LogP contribution in [0.5, 0.6) is 11.6 Å². The fraction of sp³-hybridized carbons (Fsp3) is 0.0625. The van der Waals surface area contributed by atoms with Gasteiger partial charge in [0.25, 0.3) is 5.88 Å². The number of rotatable bonds is 2. The van der Waals surface area contributed by atoms with E-state index < -0.39 is 0 Å². The van der Waals surface area contributed by atoms with Crippen LogP contribution in [-0.4, -0.2) is 19.6 Å². The summed E-state index contributed by atoms with van der Waals surface area (Å²) in [6.45, 7) is 1.90. The standard InChI is InChI=1S/C16H13N5O/c1-10-19-20-15-16(22-12-6-4-5-11(17)9-12)18-13-7-2-3-8-14(13)21(10)15/h2-9H,17H2,1H3. The molecule has 2 heterocycles. The van der Waals surface area contributed by atoms with Gasteiger partial charge in [-0.2, -0.15) is 0 Å². The van der Waals surface area contributed by atoms with Gasteiger partial charge in [-0.15, -0.1) is 10.2 Å². The number of ether oxygens (including phenoxy) is 1. The second-order valence-electron chi connectivity index (χ2n) is 4.99. The van der Waals surface area contributed by atoms with Gasteiger partial charge in [-0.25, -0.2) is 4.98 Å². The summed E-state index contributed by atoms with van der Waals surface area (Å²) >= 11 is 0. The number of para-hydroxylation sites is 2. The minimum absolute atomic E-state index is 0.407. The summed E-state index contributed by atoms with van der Waals surface area (Å²) in [4.78, 5) is 4.56. The average molecular weight is 291 g/mol. The maximum absolute atomic E-state index is 5.88. The Kier molecular flexibility index (Phi) is 2.69. The van der Waals surface area contributed by atoms with Crippen molar-refractivity contribution in [2.75, 3.05) is 5.73 Å². The number of hydrogen-bond acceptors (Lipinski definition) is 5. The van der Waals surface area contributed by atoms with E-state index in [1.807, 2.05) is 47.7 Å². The lowest BCUT2D eigenvalue weighted by Crippen LogP contribution is -1.98. The average Bonchev–Trinajstić information content (AvgIpc) is 2.90. The molecule has 0 saturated carbocycles. The maximum atomic E-state index is 5.88. The fourth-order valence-corrected chi connectivity index (χ4v) is 2.45. The molecule has 0 fully saturated rings. The first-order valence-electron chi connectivity index (χ1n) is 6.86. The monoisotopic (exact) mass is 291 g/mol. The van der Waals surface area contributed by atoms with E-state index in [2.05, 4.69) is 15.2 Å². The Labute approximate surface area is 126 Å². The lowest BCUT2D eigenvalue weighted by Gasteiger charge is -2.09.